The molecule has 1 fully saturated rings. The second kappa shape index (κ2) is 11.7. The number of carbonyl (C=O) groups excluding carboxylic acids is 1. The van der Waals surface area contributed by atoms with E-state index in [-0.39, 0.29) is 12.5 Å². The Morgan fingerprint density at radius 3 is 2.86 bits per heavy atom. The number of benzene rings is 1. The largest absolute Gasteiger partial charge is 0.481 e. The fourth-order valence-electron chi connectivity index (χ4n) is 4.12. The first-order valence-electron chi connectivity index (χ1n) is 10.9. The van der Waals surface area contributed by atoms with Crippen molar-refractivity contribution in [2.24, 2.45) is 4.99 Å². The van der Waals surface area contributed by atoms with Gasteiger partial charge in [0.15, 0.2) is 10.8 Å². The molecule has 4 rings (SSSR count). The van der Waals surface area contributed by atoms with Gasteiger partial charge in [0.05, 0.1) is 12.7 Å². The molecule has 12 heteroatoms. The van der Waals surface area contributed by atoms with E-state index in [4.69, 9.17) is 32.9 Å². The summed E-state index contributed by atoms with van der Waals surface area (Å²) in [6, 6.07) is 4.44. The van der Waals surface area contributed by atoms with Crippen LogP contribution >= 0.6 is 46.3 Å². The van der Waals surface area contributed by atoms with Crippen LogP contribution in [0.1, 0.15) is 29.5 Å². The van der Waals surface area contributed by atoms with Gasteiger partial charge in [0.25, 0.3) is 0 Å². The Bertz CT molecular complexity index is 1160. The maximum absolute atomic E-state index is 13.1. The number of aliphatic imine (C=N–C) groups is 1. The first-order valence-corrected chi connectivity index (χ1v) is 13.7. The predicted octanol–water partition coefficient (Wildman–Crippen LogP) is 4.25. The molecule has 186 valence electrons. The first kappa shape index (κ1) is 26.0. The molecular formula is C23H24Cl2N4O4S2. The number of carboxylic acid groups (broad SMARTS) is 1. The van der Waals surface area contributed by atoms with Crippen LogP contribution in [0, 0.1) is 0 Å². The van der Waals surface area contributed by atoms with Gasteiger partial charge >= 0.3 is 11.9 Å². The number of carboxylic acids is 1. The summed E-state index contributed by atoms with van der Waals surface area (Å²) in [6.07, 6.45) is 2.31. The zero-order valence-electron chi connectivity index (χ0n) is 18.9. The number of nitrogens with one attached hydrogen (secondary N) is 1. The Labute approximate surface area is 221 Å². The summed E-state index contributed by atoms with van der Waals surface area (Å²) in [5, 5.41) is 15.9. The number of rotatable bonds is 8. The predicted molar refractivity (Wildman–Crippen MR) is 140 cm³/mol. The summed E-state index contributed by atoms with van der Waals surface area (Å²) >= 11 is 15.9. The molecule has 0 radical (unpaired) electrons. The molecule has 2 N–H and O–H groups in total. The molecule has 0 aliphatic carbocycles. The summed E-state index contributed by atoms with van der Waals surface area (Å²) in [6.45, 7) is 1.17. The molecule has 8 nitrogen and oxygen atoms in total. The monoisotopic (exact) mass is 554 g/mol. The number of hydrogen-bond acceptors (Lipinski definition) is 9. The van der Waals surface area contributed by atoms with Crippen molar-refractivity contribution in [2.45, 2.75) is 24.9 Å². The fraction of sp³-hybridized carbons (Fsp3) is 0.391. The van der Waals surface area contributed by atoms with Gasteiger partial charge in [-0.25, -0.2) is 9.78 Å². The van der Waals surface area contributed by atoms with Gasteiger partial charge in [0.1, 0.15) is 6.04 Å². The Balaban J connectivity index is 1.76. The first-order chi connectivity index (χ1) is 16.9. The average molecular weight is 556 g/mol. The van der Waals surface area contributed by atoms with Crippen molar-refractivity contribution < 1.29 is 19.4 Å². The number of hydrogen-bond donors (Lipinski definition) is 2. The molecule has 2 aliphatic heterocycles. The van der Waals surface area contributed by atoms with Crippen LogP contribution in [0.2, 0.25) is 10.0 Å². The van der Waals surface area contributed by atoms with Crippen molar-refractivity contribution in [1.82, 2.24) is 15.2 Å². The van der Waals surface area contributed by atoms with Crippen molar-refractivity contribution in [2.75, 3.05) is 31.7 Å². The number of nitrogens with zero attached hydrogens (tertiary/aromatic N) is 3. The number of ether oxygens (including phenoxy) is 1. The van der Waals surface area contributed by atoms with E-state index in [2.05, 4.69) is 15.2 Å². The molecule has 0 unspecified atom stereocenters. The molecule has 0 bridgehead atoms. The van der Waals surface area contributed by atoms with Crippen molar-refractivity contribution in [3.05, 3.63) is 61.7 Å². The van der Waals surface area contributed by atoms with E-state index in [1.54, 1.807) is 36.2 Å². The summed E-state index contributed by atoms with van der Waals surface area (Å²) < 4.78 is 5.17. The van der Waals surface area contributed by atoms with Crippen molar-refractivity contribution in [1.29, 1.82) is 0 Å². The molecule has 3 heterocycles. The van der Waals surface area contributed by atoms with Gasteiger partial charge in [-0.15, -0.1) is 11.3 Å². The van der Waals surface area contributed by atoms with Gasteiger partial charge in [-0.05, 0) is 18.6 Å². The highest BCUT2D eigenvalue weighted by Gasteiger charge is 2.35. The van der Waals surface area contributed by atoms with Crippen molar-refractivity contribution in [3.8, 4) is 0 Å². The van der Waals surface area contributed by atoms with E-state index in [0.29, 0.717) is 50.7 Å². The maximum atomic E-state index is 13.1. The summed E-state index contributed by atoms with van der Waals surface area (Å²) in [7, 11) is 1.33. The van der Waals surface area contributed by atoms with Crippen LogP contribution in [0.3, 0.4) is 0 Å². The number of methoxy groups -OCH3 is 1. The van der Waals surface area contributed by atoms with Gasteiger partial charge in [-0.1, -0.05) is 29.3 Å². The Morgan fingerprint density at radius 1 is 1.34 bits per heavy atom. The summed E-state index contributed by atoms with van der Waals surface area (Å²) in [4.78, 5) is 35.7. The molecule has 2 atom stereocenters. The fourth-order valence-corrected chi connectivity index (χ4v) is 6.40. The minimum Gasteiger partial charge on any atom is -0.481 e. The van der Waals surface area contributed by atoms with Crippen molar-refractivity contribution in [3.63, 3.8) is 0 Å². The van der Waals surface area contributed by atoms with E-state index in [1.165, 1.54) is 18.4 Å². The van der Waals surface area contributed by atoms with Crippen molar-refractivity contribution >= 4 is 64.1 Å². The topological polar surface area (TPSA) is 104 Å². The number of aliphatic carboxylic acids is 1. The van der Waals surface area contributed by atoms with Crippen LogP contribution in [0.5, 0.6) is 0 Å². The van der Waals surface area contributed by atoms with Crippen LogP contribution in [0.4, 0.5) is 0 Å². The number of esters is 1. The minimum atomic E-state index is -0.818. The molecule has 35 heavy (non-hydrogen) atoms. The zero-order valence-corrected chi connectivity index (χ0v) is 22.0. The van der Waals surface area contributed by atoms with Crippen LogP contribution in [-0.2, 0) is 14.3 Å². The highest BCUT2D eigenvalue weighted by molar-refractivity contribution is 7.99. The lowest BCUT2D eigenvalue weighted by molar-refractivity contribution is -0.137. The van der Waals surface area contributed by atoms with Crippen LogP contribution < -0.4 is 5.32 Å². The molecule has 1 aromatic heterocycles. The number of thioether (sulfide) groups is 1. The standard InChI is InChI=1S/C23H24Cl2N4O4S2/c1-33-23(32)19-17(11-29-7-9-34-12-14(29)3-5-18(30)31)27-21(22-26-6-8-35-22)28-20(19)15-4-2-13(24)10-16(15)25/h2,4,6,8,10,14,20H,3,5,7,9,11-12H2,1H3,(H,27,28)(H,30,31)/t14-,20+/m1/s1. The normalized spacial score (nSPS) is 20.8. The maximum Gasteiger partial charge on any atom is 0.338 e. The Morgan fingerprint density at radius 2 is 2.17 bits per heavy atom. The molecule has 0 spiro atoms. The molecule has 1 saturated heterocycles. The second-order valence-electron chi connectivity index (χ2n) is 8.02. The quantitative estimate of drug-likeness (QED) is 0.466. The average Bonchev–Trinajstić information content (AvgIpc) is 3.38. The third-order valence-corrected chi connectivity index (χ3v) is 8.26. The second-order valence-corrected chi connectivity index (χ2v) is 10.9. The number of halogens is 2. The van der Waals surface area contributed by atoms with E-state index in [0.717, 1.165) is 18.1 Å². The highest BCUT2D eigenvalue weighted by Crippen LogP contribution is 2.38. The highest BCUT2D eigenvalue weighted by atomic mass is 35.5. The number of amidine groups is 1. The smallest absolute Gasteiger partial charge is 0.338 e. The van der Waals surface area contributed by atoms with E-state index >= 15 is 0 Å². The third kappa shape index (κ3) is 6.18. The zero-order chi connectivity index (χ0) is 24.9. The lowest BCUT2D eigenvalue weighted by atomic mass is 9.95. The number of aromatic nitrogens is 1. The minimum absolute atomic E-state index is 0.0674. The molecule has 0 saturated carbocycles. The SMILES string of the molecule is COC(=O)C1=C(CN2CCSC[C@H]2CCC(=O)O)NC(c2nccs2)=N[C@H]1c1ccc(Cl)cc1Cl. The Hall–Kier alpha value is -2.11. The van der Waals surface area contributed by atoms with Gasteiger partial charge in [0.2, 0.25) is 0 Å². The number of carbonyl (C=O) groups is 2. The van der Waals surface area contributed by atoms with Crippen LogP contribution in [-0.4, -0.2) is 70.5 Å². The molecule has 2 aliphatic rings. The van der Waals surface area contributed by atoms with Gasteiger partial charge < -0.3 is 15.2 Å². The van der Waals surface area contributed by atoms with Crippen LogP contribution in [0.25, 0.3) is 0 Å². The Kier molecular flexibility index (Phi) is 8.72. The lowest BCUT2D eigenvalue weighted by Crippen LogP contribution is -2.47. The van der Waals surface area contributed by atoms with Crippen LogP contribution in [0.15, 0.2) is 46.0 Å². The summed E-state index contributed by atoms with van der Waals surface area (Å²) in [5.74, 6) is 0.950. The summed E-state index contributed by atoms with van der Waals surface area (Å²) in [5.41, 5.74) is 1.62. The van der Waals surface area contributed by atoms with E-state index in [9.17, 15) is 14.7 Å². The molecule has 0 amide bonds. The van der Waals surface area contributed by atoms with Gasteiger partial charge in [-0.3, -0.25) is 14.7 Å². The molecule has 2 aromatic rings. The van der Waals surface area contributed by atoms with E-state index < -0.39 is 18.0 Å². The van der Waals surface area contributed by atoms with Gasteiger partial charge in [-0.2, -0.15) is 11.8 Å². The third-order valence-electron chi connectivity index (χ3n) is 5.83. The molecular weight excluding hydrogens is 531 g/mol. The van der Waals surface area contributed by atoms with Gasteiger partial charge in [0, 0.05) is 69.9 Å². The lowest BCUT2D eigenvalue weighted by Gasteiger charge is -2.37. The van der Waals surface area contributed by atoms with E-state index in [1.807, 2.05) is 5.38 Å². The molecule has 1 aromatic carbocycles. The number of thiazole rings is 1.